The van der Waals surface area contributed by atoms with Gasteiger partial charge in [0.05, 0.1) is 23.1 Å². The minimum atomic E-state index is -0.462. The molecule has 0 aromatic heterocycles. The maximum atomic E-state index is 12.6. The molecule has 2 aromatic carbocycles. The van der Waals surface area contributed by atoms with Gasteiger partial charge in [-0.3, -0.25) is 19.8 Å². The van der Waals surface area contributed by atoms with E-state index in [2.05, 4.69) is 5.32 Å². The Hall–Kier alpha value is -2.91. The quantitative estimate of drug-likeness (QED) is 0.313. The van der Waals surface area contributed by atoms with Crippen molar-refractivity contribution in [3.05, 3.63) is 69.1 Å². The highest BCUT2D eigenvalue weighted by molar-refractivity contribution is 8.26. The van der Waals surface area contributed by atoms with Gasteiger partial charge in [-0.25, -0.2) is 0 Å². The van der Waals surface area contributed by atoms with E-state index < -0.39 is 4.92 Å². The second-order valence-corrected chi connectivity index (χ2v) is 7.43. The predicted octanol–water partition coefficient (Wildman–Crippen LogP) is 4.26. The fourth-order valence-corrected chi connectivity index (χ4v) is 3.74. The summed E-state index contributed by atoms with van der Waals surface area (Å²) in [7, 11) is 0. The Morgan fingerprint density at radius 2 is 1.89 bits per heavy atom. The number of ether oxygens (including phenoxy) is 1. The summed E-state index contributed by atoms with van der Waals surface area (Å²) < 4.78 is 5.86. The van der Waals surface area contributed by atoms with Crippen molar-refractivity contribution >= 4 is 51.7 Å². The first-order valence-corrected chi connectivity index (χ1v) is 9.67. The summed E-state index contributed by atoms with van der Waals surface area (Å²) in [4.78, 5) is 24.9. The largest absolute Gasteiger partial charge is 0.494 e. The Morgan fingerprint density at radius 1 is 1.21 bits per heavy atom. The lowest BCUT2D eigenvalue weighted by atomic mass is 10.2. The van der Waals surface area contributed by atoms with Crippen LogP contribution < -0.4 is 10.1 Å². The lowest BCUT2D eigenvalue weighted by molar-refractivity contribution is -0.384. The fourth-order valence-electron chi connectivity index (χ4n) is 2.49. The number of nitro benzene ring substituents is 1. The Bertz CT molecular complexity index is 927. The van der Waals surface area contributed by atoms with E-state index in [1.54, 1.807) is 18.2 Å². The molecule has 7 nitrogen and oxygen atoms in total. The van der Waals surface area contributed by atoms with Crippen LogP contribution in [0.15, 0.2) is 53.4 Å². The normalized spacial score (nSPS) is 15.2. The predicted molar refractivity (Wildman–Crippen MR) is 114 cm³/mol. The van der Waals surface area contributed by atoms with Gasteiger partial charge in [0.25, 0.3) is 11.6 Å². The molecule has 0 spiro atoms. The number of nitro groups is 1. The SMILES string of the molecule is CCOc1ccc(NCN2C(=O)C(=Cc3ccc([N+](=O)[O-])cc3)SC2=S)cc1. The topological polar surface area (TPSA) is 84.7 Å². The molecule has 0 radical (unpaired) electrons. The Labute approximate surface area is 171 Å². The molecule has 9 heteroatoms. The molecule has 28 heavy (non-hydrogen) atoms. The number of rotatable bonds is 7. The van der Waals surface area contributed by atoms with Crippen molar-refractivity contribution in [2.45, 2.75) is 6.92 Å². The van der Waals surface area contributed by atoms with Crippen LogP contribution in [0.2, 0.25) is 0 Å². The summed E-state index contributed by atoms with van der Waals surface area (Å²) in [6.45, 7) is 2.77. The maximum Gasteiger partial charge on any atom is 0.269 e. The highest BCUT2D eigenvalue weighted by Gasteiger charge is 2.31. The zero-order valence-corrected chi connectivity index (χ0v) is 16.6. The lowest BCUT2D eigenvalue weighted by Crippen LogP contribution is -2.33. The van der Waals surface area contributed by atoms with Crippen LogP contribution in [-0.4, -0.2) is 33.3 Å². The number of nitrogens with zero attached hydrogens (tertiary/aromatic N) is 2. The molecule has 1 fully saturated rings. The molecular weight excluding hydrogens is 398 g/mol. The van der Waals surface area contributed by atoms with Crippen molar-refractivity contribution in [3.8, 4) is 5.75 Å². The van der Waals surface area contributed by atoms with Crippen LogP contribution in [0.3, 0.4) is 0 Å². The van der Waals surface area contributed by atoms with E-state index in [-0.39, 0.29) is 18.3 Å². The van der Waals surface area contributed by atoms with E-state index in [1.165, 1.54) is 28.8 Å². The van der Waals surface area contributed by atoms with Crippen LogP contribution >= 0.6 is 24.0 Å². The molecule has 1 amide bonds. The molecule has 2 aromatic rings. The zero-order valence-electron chi connectivity index (χ0n) is 15.0. The first kappa shape index (κ1) is 19.8. The van der Waals surface area contributed by atoms with Crippen molar-refractivity contribution in [3.63, 3.8) is 0 Å². The summed E-state index contributed by atoms with van der Waals surface area (Å²) >= 11 is 6.52. The lowest BCUT2D eigenvalue weighted by Gasteiger charge is -2.16. The first-order chi connectivity index (χ1) is 13.5. The molecule has 0 bridgehead atoms. The number of amides is 1. The van der Waals surface area contributed by atoms with Crippen LogP contribution in [0, 0.1) is 10.1 Å². The number of thiocarbonyl (C=S) groups is 1. The molecule has 0 saturated carbocycles. The smallest absolute Gasteiger partial charge is 0.269 e. The highest BCUT2D eigenvalue weighted by Crippen LogP contribution is 2.32. The second-order valence-electron chi connectivity index (χ2n) is 5.75. The van der Waals surface area contributed by atoms with Crippen LogP contribution in [0.1, 0.15) is 12.5 Å². The van der Waals surface area contributed by atoms with Crippen LogP contribution in [0.25, 0.3) is 6.08 Å². The summed E-state index contributed by atoms with van der Waals surface area (Å²) in [6, 6.07) is 13.5. The van der Waals surface area contributed by atoms with Gasteiger partial charge < -0.3 is 10.1 Å². The van der Waals surface area contributed by atoms with Gasteiger partial charge in [-0.1, -0.05) is 24.0 Å². The summed E-state index contributed by atoms with van der Waals surface area (Å²) in [6.07, 6.45) is 1.68. The van der Waals surface area contributed by atoms with E-state index in [9.17, 15) is 14.9 Å². The number of hydrogen-bond donors (Lipinski definition) is 1. The summed E-state index contributed by atoms with van der Waals surface area (Å²) in [5, 5.41) is 13.9. The molecule has 1 aliphatic heterocycles. The summed E-state index contributed by atoms with van der Waals surface area (Å²) in [5.41, 5.74) is 1.55. The number of benzene rings is 2. The van der Waals surface area contributed by atoms with Crippen LogP contribution in [-0.2, 0) is 4.79 Å². The number of anilines is 1. The fraction of sp³-hybridized carbons (Fsp3) is 0.158. The zero-order chi connectivity index (χ0) is 20.1. The number of thioether (sulfide) groups is 1. The Morgan fingerprint density at radius 3 is 2.50 bits per heavy atom. The second kappa shape index (κ2) is 8.85. The van der Waals surface area contributed by atoms with Gasteiger partial charge in [0, 0.05) is 17.8 Å². The summed E-state index contributed by atoms with van der Waals surface area (Å²) in [5.74, 6) is 0.580. The van der Waals surface area contributed by atoms with E-state index in [4.69, 9.17) is 17.0 Å². The van der Waals surface area contributed by atoms with Crippen LogP contribution in [0.4, 0.5) is 11.4 Å². The van der Waals surface area contributed by atoms with Gasteiger partial charge in [-0.15, -0.1) is 0 Å². The van der Waals surface area contributed by atoms with Crippen molar-refractivity contribution < 1.29 is 14.5 Å². The average Bonchev–Trinajstić information content (AvgIpc) is 2.95. The molecule has 1 saturated heterocycles. The van der Waals surface area contributed by atoms with Gasteiger partial charge in [-0.2, -0.15) is 0 Å². The maximum absolute atomic E-state index is 12.6. The average molecular weight is 415 g/mol. The van der Waals surface area contributed by atoms with Gasteiger partial charge in [0.15, 0.2) is 0 Å². The van der Waals surface area contributed by atoms with Gasteiger partial charge in [0.1, 0.15) is 10.1 Å². The molecule has 1 heterocycles. The molecule has 0 unspecified atom stereocenters. The monoisotopic (exact) mass is 415 g/mol. The van der Waals surface area contributed by atoms with Crippen molar-refractivity contribution in [2.75, 3.05) is 18.6 Å². The van der Waals surface area contributed by atoms with Gasteiger partial charge >= 0.3 is 0 Å². The highest BCUT2D eigenvalue weighted by atomic mass is 32.2. The standard InChI is InChI=1S/C19H17N3O4S2/c1-2-26-16-9-5-14(6-10-16)20-12-21-18(23)17(28-19(21)27)11-13-3-7-15(8-4-13)22(24)25/h3-11,20H,2,12H2,1H3. The molecular formula is C19H17N3O4S2. The molecule has 1 N–H and O–H groups in total. The minimum absolute atomic E-state index is 0.00394. The molecule has 144 valence electrons. The third kappa shape index (κ3) is 4.68. The van der Waals surface area contributed by atoms with Crippen molar-refractivity contribution in [1.82, 2.24) is 4.90 Å². The number of hydrogen-bond acceptors (Lipinski definition) is 7. The number of carbonyl (C=O) groups excluding carboxylic acids is 1. The van der Waals surface area contributed by atoms with Crippen LogP contribution in [0.5, 0.6) is 5.75 Å². The van der Waals surface area contributed by atoms with Crippen molar-refractivity contribution in [1.29, 1.82) is 0 Å². The first-order valence-electron chi connectivity index (χ1n) is 8.44. The third-order valence-electron chi connectivity index (χ3n) is 3.88. The number of nitrogens with one attached hydrogen (secondary N) is 1. The third-order valence-corrected chi connectivity index (χ3v) is 5.26. The van der Waals surface area contributed by atoms with Crippen molar-refractivity contribution in [2.24, 2.45) is 0 Å². The number of carbonyl (C=O) groups is 1. The van der Waals surface area contributed by atoms with E-state index in [1.807, 2.05) is 31.2 Å². The van der Waals surface area contributed by atoms with Gasteiger partial charge in [0.2, 0.25) is 0 Å². The molecule has 0 aliphatic carbocycles. The molecule has 1 aliphatic rings. The Balaban J connectivity index is 1.65. The molecule has 3 rings (SSSR count). The van der Waals surface area contributed by atoms with Gasteiger partial charge in [-0.05, 0) is 55.0 Å². The number of non-ortho nitro benzene ring substituents is 1. The Kier molecular flexibility index (Phi) is 6.27. The molecule has 0 atom stereocenters. The minimum Gasteiger partial charge on any atom is -0.494 e. The van der Waals surface area contributed by atoms with E-state index >= 15 is 0 Å². The van der Waals surface area contributed by atoms with E-state index in [0.29, 0.717) is 21.4 Å². The van der Waals surface area contributed by atoms with E-state index in [0.717, 1.165) is 11.4 Å².